The first-order chi connectivity index (χ1) is 20.6. The molecule has 15 heteroatoms. The van der Waals surface area contributed by atoms with Crippen LogP contribution < -0.4 is 9.64 Å². The molecule has 0 saturated carbocycles. The molecule has 1 saturated heterocycles. The van der Waals surface area contributed by atoms with Crippen molar-refractivity contribution < 1.29 is 41.1 Å². The van der Waals surface area contributed by atoms with E-state index in [4.69, 9.17) is 4.74 Å². The van der Waals surface area contributed by atoms with Crippen LogP contribution in [0, 0.1) is 29.1 Å². The lowest BCUT2D eigenvalue weighted by Crippen LogP contribution is -2.45. The molecule has 0 aliphatic carbocycles. The van der Waals surface area contributed by atoms with Crippen molar-refractivity contribution >= 4 is 29.1 Å². The lowest BCUT2D eigenvalue weighted by molar-refractivity contribution is -0.135. The highest BCUT2D eigenvalue weighted by Gasteiger charge is 2.57. The fourth-order valence-electron chi connectivity index (χ4n) is 5.21. The SMILES string of the molecule is COc1ccc([C@@H]2CC(c3ccccc3)=NN2C(=O)CN2N=N[C@H]3C(=O)N(c4c(F)c(F)c(F)c(F)c4F)C(=O)[C@H]32)cc1. The number of ether oxygens (including phenoxy) is 1. The van der Waals surface area contributed by atoms with Crippen LogP contribution in [0.4, 0.5) is 27.6 Å². The summed E-state index contributed by atoms with van der Waals surface area (Å²) in [7, 11) is 1.51. The van der Waals surface area contributed by atoms with E-state index in [-0.39, 0.29) is 4.90 Å². The Hall–Kier alpha value is -5.21. The van der Waals surface area contributed by atoms with Gasteiger partial charge in [-0.25, -0.2) is 31.9 Å². The van der Waals surface area contributed by atoms with Gasteiger partial charge in [0.2, 0.25) is 5.82 Å². The number of carbonyl (C=O) groups is 3. The molecule has 0 spiro atoms. The van der Waals surface area contributed by atoms with Crippen molar-refractivity contribution in [2.24, 2.45) is 15.4 Å². The predicted molar refractivity (Wildman–Crippen MR) is 138 cm³/mol. The van der Waals surface area contributed by atoms with Crippen LogP contribution in [-0.2, 0) is 14.4 Å². The van der Waals surface area contributed by atoms with Crippen LogP contribution in [0.5, 0.6) is 5.75 Å². The van der Waals surface area contributed by atoms with Crippen LogP contribution >= 0.6 is 0 Å². The normalized spacial score (nSPS) is 21.1. The highest BCUT2D eigenvalue weighted by molar-refractivity contribution is 6.25. The molecule has 220 valence electrons. The van der Waals surface area contributed by atoms with E-state index >= 15 is 0 Å². The monoisotopic (exact) mass is 598 g/mol. The van der Waals surface area contributed by atoms with Crippen molar-refractivity contribution in [2.75, 3.05) is 18.6 Å². The van der Waals surface area contributed by atoms with E-state index in [2.05, 4.69) is 15.4 Å². The van der Waals surface area contributed by atoms with Crippen LogP contribution in [0.2, 0.25) is 0 Å². The maximum atomic E-state index is 14.5. The maximum Gasteiger partial charge on any atom is 0.264 e. The smallest absolute Gasteiger partial charge is 0.264 e. The first-order valence-corrected chi connectivity index (χ1v) is 12.8. The van der Waals surface area contributed by atoms with Crippen LogP contribution in [0.1, 0.15) is 23.6 Å². The quantitative estimate of drug-likeness (QED) is 0.184. The van der Waals surface area contributed by atoms with Gasteiger partial charge in [-0.05, 0) is 23.3 Å². The van der Waals surface area contributed by atoms with Gasteiger partial charge in [0, 0.05) is 6.42 Å². The minimum absolute atomic E-state index is 0.150. The molecule has 0 aromatic heterocycles. The number of rotatable bonds is 6. The van der Waals surface area contributed by atoms with Gasteiger partial charge in [0.1, 0.15) is 18.0 Å². The standard InChI is InChI=1S/C28H19F5N6O4/c1-43-15-9-7-14(8-10-15)17-11-16(13-5-3-2-4-6-13)35-39(17)18(40)12-37-26-24(34-36-37)27(41)38(28(26)42)25-22(32)20(30)19(29)21(31)23(25)33/h2-10,17,24,26H,11-12H2,1H3/t17-,24+,26-/m0/s1. The van der Waals surface area contributed by atoms with Crippen molar-refractivity contribution in [2.45, 2.75) is 24.5 Å². The largest absolute Gasteiger partial charge is 0.497 e. The summed E-state index contributed by atoms with van der Waals surface area (Å²) in [6.07, 6.45) is 0.334. The van der Waals surface area contributed by atoms with Crippen molar-refractivity contribution in [1.82, 2.24) is 10.0 Å². The molecule has 1 fully saturated rings. The number of nitrogens with zero attached hydrogens (tertiary/aromatic N) is 6. The van der Waals surface area contributed by atoms with Crippen molar-refractivity contribution in [3.8, 4) is 5.75 Å². The van der Waals surface area contributed by atoms with Gasteiger partial charge in [-0.15, -0.1) is 0 Å². The summed E-state index contributed by atoms with van der Waals surface area (Å²) in [6.45, 7) is -0.646. The molecule has 3 aromatic carbocycles. The third-order valence-corrected chi connectivity index (χ3v) is 7.34. The highest BCUT2D eigenvalue weighted by Crippen LogP contribution is 2.38. The topological polar surface area (TPSA) is 107 Å². The number of hydrazone groups is 1. The number of halogens is 5. The minimum Gasteiger partial charge on any atom is -0.497 e. The molecule has 0 N–H and O–H groups in total. The number of methoxy groups -OCH3 is 1. The number of hydrogen-bond acceptors (Lipinski definition) is 8. The Morgan fingerprint density at radius 1 is 0.884 bits per heavy atom. The molecule has 3 aliphatic rings. The number of carbonyl (C=O) groups excluding carboxylic acids is 3. The summed E-state index contributed by atoms with van der Waals surface area (Å²) in [5.41, 5.74) is 0.361. The van der Waals surface area contributed by atoms with Crippen molar-refractivity contribution in [3.63, 3.8) is 0 Å². The Bertz CT molecular complexity index is 1690. The molecule has 43 heavy (non-hydrogen) atoms. The summed E-state index contributed by atoms with van der Waals surface area (Å²) in [6, 6.07) is 12.2. The van der Waals surface area contributed by atoms with E-state index < -0.39 is 77.2 Å². The number of anilines is 1. The molecule has 0 unspecified atom stereocenters. The average molecular weight is 598 g/mol. The fourth-order valence-corrected chi connectivity index (χ4v) is 5.21. The molecule has 0 bridgehead atoms. The van der Waals surface area contributed by atoms with Gasteiger partial charge in [-0.1, -0.05) is 47.7 Å². The fraction of sp³-hybridized carbons (Fsp3) is 0.214. The molecule has 0 radical (unpaired) electrons. The van der Waals surface area contributed by atoms with E-state index in [1.165, 1.54) is 12.1 Å². The van der Waals surface area contributed by atoms with Crippen molar-refractivity contribution in [3.05, 3.63) is 94.8 Å². The van der Waals surface area contributed by atoms with E-state index in [1.54, 1.807) is 24.3 Å². The third-order valence-electron chi connectivity index (χ3n) is 7.34. The number of imide groups is 1. The lowest BCUT2D eigenvalue weighted by atomic mass is 9.98. The van der Waals surface area contributed by atoms with Crippen LogP contribution in [0.25, 0.3) is 0 Å². The summed E-state index contributed by atoms with van der Waals surface area (Å²) in [5, 5.41) is 14.0. The van der Waals surface area contributed by atoms with Gasteiger partial charge in [-0.2, -0.15) is 10.2 Å². The molecular weight excluding hydrogens is 579 g/mol. The minimum atomic E-state index is -2.45. The number of hydrogen-bond donors (Lipinski definition) is 0. The van der Waals surface area contributed by atoms with Crippen molar-refractivity contribution in [1.29, 1.82) is 0 Å². The first kappa shape index (κ1) is 27.9. The average Bonchev–Trinajstić information content (AvgIpc) is 3.72. The van der Waals surface area contributed by atoms with Gasteiger partial charge in [0.15, 0.2) is 35.4 Å². The number of benzene rings is 3. The number of fused-ring (bicyclic) bond motifs is 1. The second kappa shape index (κ2) is 10.6. The van der Waals surface area contributed by atoms with Gasteiger partial charge in [0.05, 0.1) is 18.9 Å². The Kier molecular flexibility index (Phi) is 6.86. The second-order valence-corrected chi connectivity index (χ2v) is 9.77. The van der Waals surface area contributed by atoms with Crippen LogP contribution in [0.15, 0.2) is 70.0 Å². The zero-order valence-electron chi connectivity index (χ0n) is 22.0. The van der Waals surface area contributed by atoms with Gasteiger partial charge < -0.3 is 4.74 Å². The molecule has 3 atom stereocenters. The maximum absolute atomic E-state index is 14.5. The van der Waals surface area contributed by atoms with E-state index in [0.29, 0.717) is 17.9 Å². The van der Waals surface area contributed by atoms with Gasteiger partial charge in [-0.3, -0.25) is 19.4 Å². The van der Waals surface area contributed by atoms with E-state index in [0.717, 1.165) is 16.1 Å². The van der Waals surface area contributed by atoms with Crippen LogP contribution in [0.3, 0.4) is 0 Å². The Balaban J connectivity index is 1.29. The lowest BCUT2D eigenvalue weighted by Gasteiger charge is -2.25. The Morgan fingerprint density at radius 3 is 2.14 bits per heavy atom. The summed E-state index contributed by atoms with van der Waals surface area (Å²) in [4.78, 5) is 39.6. The van der Waals surface area contributed by atoms with Gasteiger partial charge in [0.25, 0.3) is 17.7 Å². The molecule has 3 aromatic rings. The summed E-state index contributed by atoms with van der Waals surface area (Å²) in [5.74, 6) is -14.6. The zero-order valence-corrected chi connectivity index (χ0v) is 22.0. The first-order valence-electron chi connectivity index (χ1n) is 12.8. The summed E-state index contributed by atoms with van der Waals surface area (Å²) >= 11 is 0. The Morgan fingerprint density at radius 2 is 1.51 bits per heavy atom. The second-order valence-electron chi connectivity index (χ2n) is 9.77. The zero-order chi connectivity index (χ0) is 30.6. The molecule has 3 heterocycles. The third kappa shape index (κ3) is 4.47. The Labute approximate surface area is 239 Å². The van der Waals surface area contributed by atoms with E-state index in [1.807, 2.05) is 30.3 Å². The predicted octanol–water partition coefficient (Wildman–Crippen LogP) is 4.06. The number of amides is 3. The molecule has 3 amide bonds. The molecule has 6 rings (SSSR count). The molecular formula is C28H19F5N6O4. The molecule has 10 nitrogen and oxygen atoms in total. The highest BCUT2D eigenvalue weighted by atomic mass is 19.2. The van der Waals surface area contributed by atoms with E-state index in [9.17, 15) is 36.3 Å². The summed E-state index contributed by atoms with van der Waals surface area (Å²) < 4.78 is 75.5. The van der Waals surface area contributed by atoms with Gasteiger partial charge >= 0.3 is 0 Å². The molecule has 3 aliphatic heterocycles. The van der Waals surface area contributed by atoms with Crippen LogP contribution in [-0.4, -0.2) is 59.2 Å².